The SMILES string of the molecule is CC(C)N1CCO[C@@H]([C@@H](C)N2CC(F)(F)C2)C1. The Hall–Kier alpha value is -0.260. The molecule has 100 valence electrons. The molecule has 0 radical (unpaired) electrons. The third kappa shape index (κ3) is 2.95. The van der Waals surface area contributed by atoms with Gasteiger partial charge in [-0.1, -0.05) is 0 Å². The highest BCUT2D eigenvalue weighted by Crippen LogP contribution is 2.30. The van der Waals surface area contributed by atoms with Crippen molar-refractivity contribution in [2.45, 2.75) is 44.9 Å². The Morgan fingerprint density at radius 2 is 1.82 bits per heavy atom. The third-order valence-corrected chi connectivity index (χ3v) is 3.84. The summed E-state index contributed by atoms with van der Waals surface area (Å²) in [6.07, 6.45) is 0.0576. The smallest absolute Gasteiger partial charge is 0.272 e. The maximum Gasteiger partial charge on any atom is 0.272 e. The Morgan fingerprint density at radius 3 is 2.35 bits per heavy atom. The summed E-state index contributed by atoms with van der Waals surface area (Å²) < 4.78 is 31.4. The summed E-state index contributed by atoms with van der Waals surface area (Å²) in [6, 6.07) is 0.572. The zero-order chi connectivity index (χ0) is 12.6. The van der Waals surface area contributed by atoms with E-state index in [0.717, 1.165) is 13.1 Å². The van der Waals surface area contributed by atoms with Crippen LogP contribution in [0.25, 0.3) is 0 Å². The number of likely N-dealkylation sites (tertiary alicyclic amines) is 1. The van der Waals surface area contributed by atoms with Crippen LogP contribution in [-0.4, -0.2) is 66.7 Å². The van der Waals surface area contributed by atoms with Crippen molar-refractivity contribution < 1.29 is 13.5 Å². The minimum absolute atomic E-state index is 0.0576. The Bertz CT molecular complexity index is 265. The lowest BCUT2D eigenvalue weighted by atomic mass is 10.0. The predicted octanol–water partition coefficient (Wildman–Crippen LogP) is 1.44. The number of morpholine rings is 1. The van der Waals surface area contributed by atoms with Crippen molar-refractivity contribution in [3.8, 4) is 0 Å². The summed E-state index contributed by atoms with van der Waals surface area (Å²) in [5.74, 6) is -2.49. The van der Waals surface area contributed by atoms with Gasteiger partial charge in [-0.05, 0) is 20.8 Å². The summed E-state index contributed by atoms with van der Waals surface area (Å²) in [6.45, 7) is 8.57. The zero-order valence-electron chi connectivity index (χ0n) is 10.8. The fraction of sp³-hybridized carbons (Fsp3) is 1.00. The summed E-state index contributed by atoms with van der Waals surface area (Å²) in [5, 5.41) is 0. The molecule has 2 rings (SSSR count). The van der Waals surface area contributed by atoms with Gasteiger partial charge in [0.1, 0.15) is 0 Å². The number of rotatable bonds is 3. The van der Waals surface area contributed by atoms with Crippen molar-refractivity contribution in [1.82, 2.24) is 9.80 Å². The van der Waals surface area contributed by atoms with Gasteiger partial charge in [0, 0.05) is 25.2 Å². The molecule has 2 aliphatic rings. The van der Waals surface area contributed by atoms with E-state index in [4.69, 9.17) is 4.74 Å². The van der Waals surface area contributed by atoms with E-state index in [9.17, 15) is 8.78 Å². The van der Waals surface area contributed by atoms with Crippen LogP contribution >= 0.6 is 0 Å². The van der Waals surface area contributed by atoms with Crippen molar-refractivity contribution in [1.29, 1.82) is 0 Å². The second-order valence-electron chi connectivity index (χ2n) is 5.50. The molecule has 0 aromatic heterocycles. The summed E-state index contributed by atoms with van der Waals surface area (Å²) in [7, 11) is 0. The lowest BCUT2D eigenvalue weighted by Gasteiger charge is -2.47. The number of ether oxygens (including phenoxy) is 1. The molecule has 0 unspecified atom stereocenters. The molecule has 2 fully saturated rings. The minimum atomic E-state index is -2.49. The normalized spacial score (nSPS) is 32.5. The number of hydrogen-bond donors (Lipinski definition) is 0. The summed E-state index contributed by atoms with van der Waals surface area (Å²) in [5.41, 5.74) is 0. The fourth-order valence-corrected chi connectivity index (χ4v) is 2.53. The van der Waals surface area contributed by atoms with Crippen molar-refractivity contribution in [3.05, 3.63) is 0 Å². The van der Waals surface area contributed by atoms with Crippen LogP contribution in [0.1, 0.15) is 20.8 Å². The van der Waals surface area contributed by atoms with E-state index in [-0.39, 0.29) is 25.2 Å². The van der Waals surface area contributed by atoms with Crippen LogP contribution in [0.4, 0.5) is 8.78 Å². The Morgan fingerprint density at radius 1 is 1.18 bits per heavy atom. The molecular formula is C12H22F2N2O. The van der Waals surface area contributed by atoms with Gasteiger partial charge in [0.25, 0.3) is 5.92 Å². The zero-order valence-corrected chi connectivity index (χ0v) is 10.8. The first kappa shape index (κ1) is 13.2. The van der Waals surface area contributed by atoms with Crippen LogP contribution in [0.5, 0.6) is 0 Å². The van der Waals surface area contributed by atoms with Gasteiger partial charge in [0.05, 0.1) is 25.8 Å². The number of nitrogens with zero attached hydrogens (tertiary/aromatic N) is 2. The molecule has 2 heterocycles. The molecule has 17 heavy (non-hydrogen) atoms. The average molecular weight is 248 g/mol. The van der Waals surface area contributed by atoms with Gasteiger partial charge < -0.3 is 4.74 Å². The molecule has 0 N–H and O–H groups in total. The molecule has 2 aliphatic heterocycles. The predicted molar refractivity (Wildman–Crippen MR) is 62.4 cm³/mol. The Kier molecular flexibility index (Phi) is 3.71. The van der Waals surface area contributed by atoms with Crippen LogP contribution in [0.15, 0.2) is 0 Å². The molecule has 0 spiro atoms. The first-order chi connectivity index (χ1) is 7.89. The maximum atomic E-state index is 12.8. The fourth-order valence-electron chi connectivity index (χ4n) is 2.53. The molecule has 0 amide bonds. The average Bonchev–Trinajstić information content (AvgIpc) is 2.25. The van der Waals surface area contributed by atoms with Crippen LogP contribution in [-0.2, 0) is 4.74 Å². The largest absolute Gasteiger partial charge is 0.374 e. The molecule has 2 saturated heterocycles. The van der Waals surface area contributed by atoms with Gasteiger partial charge in [0.15, 0.2) is 0 Å². The third-order valence-electron chi connectivity index (χ3n) is 3.84. The van der Waals surface area contributed by atoms with E-state index in [1.165, 1.54) is 0 Å². The monoisotopic (exact) mass is 248 g/mol. The second kappa shape index (κ2) is 4.78. The molecule has 0 aromatic carbocycles. The van der Waals surface area contributed by atoms with E-state index >= 15 is 0 Å². The lowest BCUT2D eigenvalue weighted by Crippen LogP contribution is -2.64. The van der Waals surface area contributed by atoms with Gasteiger partial charge in [-0.15, -0.1) is 0 Å². The van der Waals surface area contributed by atoms with Crippen LogP contribution in [0.3, 0.4) is 0 Å². The van der Waals surface area contributed by atoms with Gasteiger partial charge in [0.2, 0.25) is 0 Å². The minimum Gasteiger partial charge on any atom is -0.374 e. The van der Waals surface area contributed by atoms with E-state index in [1.807, 2.05) is 11.8 Å². The Balaban J connectivity index is 1.85. The first-order valence-corrected chi connectivity index (χ1v) is 6.36. The molecule has 0 bridgehead atoms. The number of halogens is 2. The first-order valence-electron chi connectivity index (χ1n) is 6.36. The molecule has 5 heteroatoms. The van der Waals surface area contributed by atoms with E-state index in [1.54, 1.807) is 0 Å². The van der Waals surface area contributed by atoms with Gasteiger partial charge in [-0.3, -0.25) is 9.80 Å². The lowest BCUT2D eigenvalue weighted by molar-refractivity contribution is -0.170. The van der Waals surface area contributed by atoms with Gasteiger partial charge in [-0.2, -0.15) is 0 Å². The van der Waals surface area contributed by atoms with Crippen molar-refractivity contribution in [2.24, 2.45) is 0 Å². The van der Waals surface area contributed by atoms with E-state index < -0.39 is 5.92 Å². The summed E-state index contributed by atoms with van der Waals surface area (Å²) >= 11 is 0. The maximum absolute atomic E-state index is 12.8. The van der Waals surface area contributed by atoms with Crippen LogP contribution in [0, 0.1) is 0 Å². The Labute approximate surface area is 102 Å². The topological polar surface area (TPSA) is 15.7 Å². The highest BCUT2D eigenvalue weighted by atomic mass is 19.3. The van der Waals surface area contributed by atoms with Crippen LogP contribution in [0.2, 0.25) is 0 Å². The van der Waals surface area contributed by atoms with Crippen LogP contribution < -0.4 is 0 Å². The van der Waals surface area contributed by atoms with Gasteiger partial charge in [-0.25, -0.2) is 8.78 Å². The molecule has 0 aliphatic carbocycles. The second-order valence-corrected chi connectivity index (χ2v) is 5.50. The van der Waals surface area contributed by atoms with E-state index in [0.29, 0.717) is 12.6 Å². The van der Waals surface area contributed by atoms with Crippen molar-refractivity contribution in [3.63, 3.8) is 0 Å². The molecular weight excluding hydrogens is 226 g/mol. The summed E-state index contributed by atoms with van der Waals surface area (Å²) in [4.78, 5) is 4.16. The molecule has 0 saturated carbocycles. The highest BCUT2D eigenvalue weighted by Gasteiger charge is 2.47. The molecule has 3 nitrogen and oxygen atoms in total. The highest BCUT2D eigenvalue weighted by molar-refractivity contribution is 4.94. The standard InChI is InChI=1S/C12H22F2N2O/c1-9(2)15-4-5-17-11(6-15)10(3)16-7-12(13,14)8-16/h9-11H,4-8H2,1-3H3/t10-,11-/m1/s1. The number of hydrogen-bond acceptors (Lipinski definition) is 3. The van der Waals surface area contributed by atoms with Crippen molar-refractivity contribution >= 4 is 0 Å². The number of alkyl halides is 2. The quantitative estimate of drug-likeness (QED) is 0.751. The van der Waals surface area contributed by atoms with Crippen molar-refractivity contribution in [2.75, 3.05) is 32.8 Å². The van der Waals surface area contributed by atoms with Gasteiger partial charge >= 0.3 is 0 Å². The molecule has 2 atom stereocenters. The van der Waals surface area contributed by atoms with E-state index in [2.05, 4.69) is 18.7 Å². The molecule has 0 aromatic rings.